The maximum absolute atomic E-state index is 11.7. The molecular weight excluding hydrogens is 141 g/mol. The molecule has 0 heterocycles. The van der Waals surface area contributed by atoms with Crippen LogP contribution in [0.15, 0.2) is 12.4 Å². The first-order chi connectivity index (χ1) is 4.54. The minimum atomic E-state index is -1.26. The van der Waals surface area contributed by atoms with Gasteiger partial charge in [0.15, 0.2) is 6.61 Å². The van der Waals surface area contributed by atoms with Crippen LogP contribution >= 0.6 is 0 Å². The zero-order valence-corrected chi connectivity index (χ0v) is 5.09. The van der Waals surface area contributed by atoms with E-state index in [1.54, 1.807) is 0 Å². The van der Waals surface area contributed by atoms with E-state index in [2.05, 4.69) is 17.0 Å². The molecule has 0 aliphatic heterocycles. The molecule has 0 rings (SSSR count). The Morgan fingerprint density at radius 1 is 1.60 bits per heavy atom. The van der Waals surface area contributed by atoms with Crippen molar-refractivity contribution < 1.29 is 18.7 Å². The summed E-state index contributed by atoms with van der Waals surface area (Å²) in [5, 5.41) is 0. The van der Waals surface area contributed by atoms with Crippen LogP contribution in [0.2, 0.25) is 0 Å². The van der Waals surface area contributed by atoms with E-state index in [1.807, 2.05) is 0 Å². The van der Waals surface area contributed by atoms with Crippen molar-refractivity contribution in [2.24, 2.45) is 5.73 Å². The molecular formula is C5H6FNO3. The molecule has 0 aromatic rings. The molecule has 0 bridgehead atoms. The second-order valence-corrected chi connectivity index (χ2v) is 1.45. The van der Waals surface area contributed by atoms with E-state index in [0.29, 0.717) is 0 Å². The number of rotatable bonds is 3. The van der Waals surface area contributed by atoms with Crippen molar-refractivity contribution in [3.8, 4) is 0 Å². The number of hydrogen-bond acceptors (Lipinski definition) is 3. The largest absolute Gasteiger partial charge is 0.450 e. The van der Waals surface area contributed by atoms with Crippen LogP contribution in [0.3, 0.4) is 0 Å². The minimum Gasteiger partial charge on any atom is -0.450 e. The van der Waals surface area contributed by atoms with Gasteiger partial charge in [-0.15, -0.1) is 0 Å². The molecule has 0 atom stereocenters. The maximum atomic E-state index is 11.7. The number of carbonyl (C=O) groups is 2. The first kappa shape index (κ1) is 8.61. The maximum Gasteiger partial charge on any atom is 0.367 e. The average Bonchev–Trinajstić information content (AvgIpc) is 1.82. The number of esters is 1. The molecule has 2 N–H and O–H groups in total. The highest BCUT2D eigenvalue weighted by atomic mass is 19.1. The van der Waals surface area contributed by atoms with Gasteiger partial charge in [0, 0.05) is 0 Å². The Kier molecular flexibility index (Phi) is 3.10. The lowest BCUT2D eigenvalue weighted by atomic mass is 10.6. The minimum absolute atomic E-state index is 0.623. The molecule has 5 heteroatoms. The molecule has 0 spiro atoms. The van der Waals surface area contributed by atoms with Gasteiger partial charge in [-0.3, -0.25) is 4.79 Å². The Balaban J connectivity index is 3.60. The zero-order chi connectivity index (χ0) is 8.15. The first-order valence-electron chi connectivity index (χ1n) is 2.34. The summed E-state index contributed by atoms with van der Waals surface area (Å²) in [6.45, 7) is 2.02. The van der Waals surface area contributed by atoms with Crippen LogP contribution in [0.25, 0.3) is 0 Å². The Morgan fingerprint density at radius 2 is 2.10 bits per heavy atom. The molecule has 0 aliphatic carbocycles. The fourth-order valence-corrected chi connectivity index (χ4v) is 0.215. The van der Waals surface area contributed by atoms with Gasteiger partial charge in [-0.1, -0.05) is 6.58 Å². The SMILES string of the molecule is C=C(F)C(=O)OCC(N)=O. The summed E-state index contributed by atoms with van der Waals surface area (Å²) in [6.07, 6.45) is 0. The molecule has 0 aromatic carbocycles. The topological polar surface area (TPSA) is 69.4 Å². The number of hydrogen-bond donors (Lipinski definition) is 1. The van der Waals surface area contributed by atoms with Crippen molar-refractivity contribution in [3.63, 3.8) is 0 Å². The van der Waals surface area contributed by atoms with E-state index in [-0.39, 0.29) is 0 Å². The molecule has 0 aliphatic rings. The van der Waals surface area contributed by atoms with E-state index in [0.717, 1.165) is 0 Å². The molecule has 0 fully saturated rings. The van der Waals surface area contributed by atoms with Crippen LogP contribution < -0.4 is 5.73 Å². The third-order valence-electron chi connectivity index (χ3n) is 0.567. The molecule has 1 amide bonds. The van der Waals surface area contributed by atoms with Crippen molar-refractivity contribution in [1.29, 1.82) is 0 Å². The van der Waals surface area contributed by atoms with Crippen LogP contribution in [0.1, 0.15) is 0 Å². The van der Waals surface area contributed by atoms with Crippen molar-refractivity contribution >= 4 is 11.9 Å². The van der Waals surface area contributed by atoms with E-state index in [4.69, 9.17) is 0 Å². The Labute approximate surface area is 56.5 Å². The van der Waals surface area contributed by atoms with Gasteiger partial charge in [-0.05, 0) is 0 Å². The standard InChI is InChI=1S/C5H6FNO3/c1-3(6)5(9)10-2-4(7)8/h1-2H2,(H2,7,8). The highest BCUT2D eigenvalue weighted by Gasteiger charge is 2.07. The second-order valence-electron chi connectivity index (χ2n) is 1.45. The van der Waals surface area contributed by atoms with Gasteiger partial charge in [0.05, 0.1) is 0 Å². The van der Waals surface area contributed by atoms with Gasteiger partial charge in [0.1, 0.15) is 0 Å². The summed E-state index contributed by atoms with van der Waals surface area (Å²) >= 11 is 0. The molecule has 0 radical (unpaired) electrons. The van der Waals surface area contributed by atoms with Gasteiger partial charge in [-0.25, -0.2) is 4.79 Å². The van der Waals surface area contributed by atoms with Crippen LogP contribution in [0.4, 0.5) is 4.39 Å². The van der Waals surface area contributed by atoms with Crippen LogP contribution in [-0.2, 0) is 14.3 Å². The molecule has 0 aromatic heterocycles. The van der Waals surface area contributed by atoms with Crippen molar-refractivity contribution in [1.82, 2.24) is 0 Å². The van der Waals surface area contributed by atoms with Gasteiger partial charge < -0.3 is 10.5 Å². The predicted molar refractivity (Wildman–Crippen MR) is 30.4 cm³/mol. The van der Waals surface area contributed by atoms with E-state index in [1.165, 1.54) is 0 Å². The van der Waals surface area contributed by atoms with Crippen molar-refractivity contribution in [2.75, 3.05) is 6.61 Å². The van der Waals surface area contributed by atoms with E-state index >= 15 is 0 Å². The summed E-state index contributed by atoms with van der Waals surface area (Å²) < 4.78 is 15.7. The number of halogens is 1. The monoisotopic (exact) mass is 147 g/mol. The fourth-order valence-electron chi connectivity index (χ4n) is 0.215. The number of amides is 1. The smallest absolute Gasteiger partial charge is 0.367 e. The highest BCUT2D eigenvalue weighted by molar-refractivity contribution is 5.87. The van der Waals surface area contributed by atoms with Gasteiger partial charge in [0.2, 0.25) is 5.83 Å². The summed E-state index contributed by atoms with van der Waals surface area (Å²) in [6, 6.07) is 0. The highest BCUT2D eigenvalue weighted by Crippen LogP contribution is 1.93. The molecule has 56 valence electrons. The third kappa shape index (κ3) is 3.59. The van der Waals surface area contributed by atoms with Crippen LogP contribution in [0, 0.1) is 0 Å². The Morgan fingerprint density at radius 3 is 2.40 bits per heavy atom. The number of primary amides is 1. The van der Waals surface area contributed by atoms with Gasteiger partial charge >= 0.3 is 5.97 Å². The number of ether oxygens (including phenoxy) is 1. The number of nitrogens with two attached hydrogens (primary N) is 1. The Bertz CT molecular complexity index is 178. The van der Waals surface area contributed by atoms with Gasteiger partial charge in [0.25, 0.3) is 5.91 Å². The third-order valence-corrected chi connectivity index (χ3v) is 0.567. The van der Waals surface area contributed by atoms with Crippen molar-refractivity contribution in [3.05, 3.63) is 12.4 Å². The molecule has 10 heavy (non-hydrogen) atoms. The van der Waals surface area contributed by atoms with Crippen molar-refractivity contribution in [2.45, 2.75) is 0 Å². The lowest BCUT2D eigenvalue weighted by Gasteiger charge is -1.96. The molecule has 0 unspecified atom stereocenters. The lowest BCUT2D eigenvalue weighted by molar-refractivity contribution is -0.145. The van der Waals surface area contributed by atoms with Crippen LogP contribution in [0.5, 0.6) is 0 Å². The normalized spacial score (nSPS) is 8.50. The summed E-state index contributed by atoms with van der Waals surface area (Å²) in [5.74, 6) is -3.35. The molecule has 0 saturated carbocycles. The summed E-state index contributed by atoms with van der Waals surface area (Å²) in [5.41, 5.74) is 4.57. The quantitative estimate of drug-likeness (QED) is 0.432. The number of carbonyl (C=O) groups excluding carboxylic acids is 2. The zero-order valence-electron chi connectivity index (χ0n) is 5.09. The predicted octanol–water partition coefficient (Wildman–Crippen LogP) is -0.502. The second kappa shape index (κ2) is 3.60. The Hall–Kier alpha value is -1.39. The molecule has 0 saturated heterocycles. The fraction of sp³-hybridized carbons (Fsp3) is 0.200. The average molecular weight is 147 g/mol. The van der Waals surface area contributed by atoms with Crippen LogP contribution in [-0.4, -0.2) is 18.5 Å². The molecule has 4 nitrogen and oxygen atoms in total. The van der Waals surface area contributed by atoms with E-state index in [9.17, 15) is 14.0 Å². The van der Waals surface area contributed by atoms with Gasteiger partial charge in [-0.2, -0.15) is 4.39 Å². The summed E-state index contributed by atoms with van der Waals surface area (Å²) in [7, 11) is 0. The summed E-state index contributed by atoms with van der Waals surface area (Å²) in [4.78, 5) is 20.1. The van der Waals surface area contributed by atoms with E-state index < -0.39 is 24.3 Å². The lowest BCUT2D eigenvalue weighted by Crippen LogP contribution is -2.20. The first-order valence-corrected chi connectivity index (χ1v) is 2.34.